The number of benzene rings is 1. The molecule has 1 aromatic rings. The van der Waals surface area contributed by atoms with Gasteiger partial charge in [0.25, 0.3) is 0 Å². The van der Waals surface area contributed by atoms with Crippen molar-refractivity contribution in [1.29, 1.82) is 0 Å². The van der Waals surface area contributed by atoms with Gasteiger partial charge in [0, 0.05) is 26.1 Å². The molecule has 0 bridgehead atoms. The van der Waals surface area contributed by atoms with E-state index in [0.29, 0.717) is 5.92 Å². The maximum Gasteiger partial charge on any atom is 0.106 e. The molecular weight excluding hydrogens is 250 g/mol. The van der Waals surface area contributed by atoms with Crippen LogP contribution >= 0.6 is 0 Å². The number of hydrogen-bond acceptors (Lipinski definition) is 3. The Bertz CT molecular complexity index is 414. The summed E-state index contributed by atoms with van der Waals surface area (Å²) in [5.41, 5.74) is 1.44. The van der Waals surface area contributed by atoms with Gasteiger partial charge in [0.1, 0.15) is 5.60 Å². The first-order valence-electron chi connectivity index (χ1n) is 7.76. The first kappa shape index (κ1) is 14.1. The molecule has 2 fully saturated rings. The van der Waals surface area contributed by atoms with Crippen molar-refractivity contribution in [2.75, 3.05) is 39.5 Å². The molecule has 3 rings (SSSR count). The average molecular weight is 275 g/mol. The molecule has 0 N–H and O–H groups in total. The Morgan fingerprint density at radius 3 is 2.85 bits per heavy atom. The van der Waals surface area contributed by atoms with E-state index in [4.69, 9.17) is 9.47 Å². The molecule has 0 amide bonds. The lowest BCUT2D eigenvalue weighted by Gasteiger charge is -2.39. The highest BCUT2D eigenvalue weighted by Crippen LogP contribution is 2.28. The first-order valence-corrected chi connectivity index (χ1v) is 7.76. The van der Waals surface area contributed by atoms with Crippen LogP contribution in [0.4, 0.5) is 0 Å². The Labute approximate surface area is 121 Å². The third-order valence-electron chi connectivity index (χ3n) is 4.64. The highest BCUT2D eigenvalue weighted by molar-refractivity contribution is 5.18. The van der Waals surface area contributed by atoms with Gasteiger partial charge in [-0.3, -0.25) is 4.90 Å². The number of nitrogens with zero attached hydrogens (tertiary/aromatic N) is 1. The van der Waals surface area contributed by atoms with E-state index in [9.17, 15) is 0 Å². The minimum Gasteiger partial charge on any atom is -0.378 e. The summed E-state index contributed by atoms with van der Waals surface area (Å²) >= 11 is 0. The Hall–Kier alpha value is -0.900. The van der Waals surface area contributed by atoms with Crippen LogP contribution in [0.5, 0.6) is 0 Å². The van der Waals surface area contributed by atoms with Crippen LogP contribution in [-0.2, 0) is 9.47 Å². The van der Waals surface area contributed by atoms with E-state index in [0.717, 1.165) is 45.9 Å². The van der Waals surface area contributed by atoms with Crippen LogP contribution in [0.3, 0.4) is 0 Å². The zero-order valence-electron chi connectivity index (χ0n) is 12.4. The second-order valence-corrected chi connectivity index (χ2v) is 6.21. The molecule has 3 heteroatoms. The van der Waals surface area contributed by atoms with Crippen molar-refractivity contribution >= 4 is 0 Å². The van der Waals surface area contributed by atoms with Gasteiger partial charge in [-0.15, -0.1) is 0 Å². The second-order valence-electron chi connectivity index (χ2n) is 6.21. The third-order valence-corrected chi connectivity index (χ3v) is 4.64. The Morgan fingerprint density at radius 1 is 1.25 bits per heavy atom. The Kier molecular flexibility index (Phi) is 4.39. The van der Waals surface area contributed by atoms with Crippen LogP contribution in [0.1, 0.15) is 31.2 Å². The predicted molar refractivity (Wildman–Crippen MR) is 80.0 cm³/mol. The highest BCUT2D eigenvalue weighted by Gasteiger charge is 2.40. The molecule has 3 nitrogen and oxygen atoms in total. The molecule has 0 saturated carbocycles. The van der Waals surface area contributed by atoms with Gasteiger partial charge in [-0.1, -0.05) is 37.3 Å². The third kappa shape index (κ3) is 3.22. The topological polar surface area (TPSA) is 21.7 Å². The number of rotatable bonds is 4. The normalized spacial score (nSPS) is 28.9. The molecule has 1 aromatic carbocycles. The van der Waals surface area contributed by atoms with Crippen molar-refractivity contribution in [2.24, 2.45) is 0 Å². The van der Waals surface area contributed by atoms with Gasteiger partial charge in [-0.25, -0.2) is 0 Å². The first-order chi connectivity index (χ1) is 9.77. The lowest BCUT2D eigenvalue weighted by atomic mass is 9.96. The van der Waals surface area contributed by atoms with E-state index in [1.165, 1.54) is 12.0 Å². The van der Waals surface area contributed by atoms with Gasteiger partial charge in [-0.2, -0.15) is 0 Å². The summed E-state index contributed by atoms with van der Waals surface area (Å²) in [7, 11) is 0. The summed E-state index contributed by atoms with van der Waals surface area (Å²) in [4.78, 5) is 2.55. The highest BCUT2D eigenvalue weighted by atomic mass is 16.6. The molecule has 2 unspecified atom stereocenters. The maximum absolute atomic E-state index is 5.98. The minimum atomic E-state index is -0.00572. The summed E-state index contributed by atoms with van der Waals surface area (Å²) < 4.78 is 11.5. The van der Waals surface area contributed by atoms with Gasteiger partial charge >= 0.3 is 0 Å². The van der Waals surface area contributed by atoms with E-state index in [-0.39, 0.29) is 5.60 Å². The van der Waals surface area contributed by atoms with Gasteiger partial charge in [0.2, 0.25) is 0 Å². The Balaban J connectivity index is 1.51. The van der Waals surface area contributed by atoms with Crippen molar-refractivity contribution in [1.82, 2.24) is 4.90 Å². The quantitative estimate of drug-likeness (QED) is 0.843. The van der Waals surface area contributed by atoms with Gasteiger partial charge in [-0.05, 0) is 24.4 Å². The molecule has 2 aliphatic heterocycles. The number of hydrogen-bond donors (Lipinski definition) is 0. The average Bonchev–Trinajstić information content (AvgIpc) is 2.93. The molecule has 2 aliphatic rings. The predicted octanol–water partition coefficient (Wildman–Crippen LogP) is 2.67. The zero-order valence-corrected chi connectivity index (χ0v) is 12.4. The van der Waals surface area contributed by atoms with E-state index < -0.39 is 0 Å². The molecule has 20 heavy (non-hydrogen) atoms. The van der Waals surface area contributed by atoms with Gasteiger partial charge < -0.3 is 9.47 Å². The molecule has 2 heterocycles. The van der Waals surface area contributed by atoms with E-state index in [1.807, 2.05) is 0 Å². The van der Waals surface area contributed by atoms with Crippen LogP contribution in [0.25, 0.3) is 0 Å². The Morgan fingerprint density at radius 2 is 2.10 bits per heavy atom. The van der Waals surface area contributed by atoms with E-state index in [2.05, 4.69) is 42.2 Å². The van der Waals surface area contributed by atoms with Crippen molar-refractivity contribution in [3.63, 3.8) is 0 Å². The van der Waals surface area contributed by atoms with Gasteiger partial charge in [0.05, 0.1) is 13.2 Å². The second kappa shape index (κ2) is 6.25. The maximum atomic E-state index is 5.98. The van der Waals surface area contributed by atoms with Gasteiger partial charge in [0.15, 0.2) is 0 Å². The summed E-state index contributed by atoms with van der Waals surface area (Å²) in [6.07, 6.45) is 2.26. The molecule has 2 atom stereocenters. The van der Waals surface area contributed by atoms with Crippen LogP contribution in [0.2, 0.25) is 0 Å². The fraction of sp³-hybridized carbons (Fsp3) is 0.647. The minimum absolute atomic E-state index is 0.00572. The largest absolute Gasteiger partial charge is 0.378 e. The SMILES string of the molecule is CC(CCN1CCOC2(CCOC2)C1)c1ccccc1. The van der Waals surface area contributed by atoms with Crippen molar-refractivity contribution in [2.45, 2.75) is 31.3 Å². The van der Waals surface area contributed by atoms with Crippen molar-refractivity contribution < 1.29 is 9.47 Å². The van der Waals surface area contributed by atoms with E-state index in [1.54, 1.807) is 0 Å². The smallest absolute Gasteiger partial charge is 0.106 e. The van der Waals surface area contributed by atoms with Crippen molar-refractivity contribution in [3.8, 4) is 0 Å². The molecular formula is C17H25NO2. The van der Waals surface area contributed by atoms with Crippen LogP contribution < -0.4 is 0 Å². The summed E-state index contributed by atoms with van der Waals surface area (Å²) in [5, 5.41) is 0. The summed E-state index contributed by atoms with van der Waals surface area (Å²) in [6, 6.07) is 10.8. The summed E-state index contributed by atoms with van der Waals surface area (Å²) in [6.45, 7) is 8.05. The van der Waals surface area contributed by atoms with Crippen LogP contribution in [-0.4, -0.2) is 50.0 Å². The molecule has 0 radical (unpaired) electrons. The fourth-order valence-electron chi connectivity index (χ4n) is 3.27. The molecule has 1 spiro atoms. The lowest BCUT2D eigenvalue weighted by molar-refractivity contribution is -0.109. The number of morpholine rings is 1. The van der Waals surface area contributed by atoms with Crippen LogP contribution in [0, 0.1) is 0 Å². The van der Waals surface area contributed by atoms with Crippen LogP contribution in [0.15, 0.2) is 30.3 Å². The summed E-state index contributed by atoms with van der Waals surface area (Å²) in [5.74, 6) is 0.620. The fourth-order valence-corrected chi connectivity index (χ4v) is 3.27. The molecule has 2 saturated heterocycles. The molecule has 110 valence electrons. The zero-order chi connectivity index (χ0) is 13.8. The molecule has 0 aromatic heterocycles. The van der Waals surface area contributed by atoms with E-state index >= 15 is 0 Å². The lowest BCUT2D eigenvalue weighted by Crippen LogP contribution is -2.52. The monoisotopic (exact) mass is 275 g/mol. The van der Waals surface area contributed by atoms with Crippen molar-refractivity contribution in [3.05, 3.63) is 35.9 Å². The molecule has 0 aliphatic carbocycles. The standard InChI is InChI=1S/C17H25NO2/c1-15(16-5-3-2-4-6-16)7-9-18-10-12-20-17(13-18)8-11-19-14-17/h2-6,15H,7-14H2,1H3. The number of ether oxygens (including phenoxy) is 2.